The Morgan fingerprint density at radius 1 is 1.28 bits per heavy atom. The van der Waals surface area contributed by atoms with Crippen molar-refractivity contribution in [1.29, 1.82) is 0 Å². The van der Waals surface area contributed by atoms with Crippen molar-refractivity contribution in [2.24, 2.45) is 4.99 Å². The van der Waals surface area contributed by atoms with Crippen LogP contribution in [0, 0.1) is 6.92 Å². The Hall–Kier alpha value is -2.82. The zero-order valence-corrected chi connectivity index (χ0v) is 14.5. The van der Waals surface area contributed by atoms with Gasteiger partial charge in [-0.2, -0.15) is 0 Å². The molecule has 0 spiro atoms. The largest absolute Gasteiger partial charge is 0.497 e. The lowest BCUT2D eigenvalue weighted by molar-refractivity contribution is 0.415. The van der Waals surface area contributed by atoms with Crippen molar-refractivity contribution < 1.29 is 9.15 Å². The Balaban J connectivity index is 1.81. The maximum atomic E-state index is 6.25. The van der Waals surface area contributed by atoms with E-state index in [2.05, 4.69) is 22.2 Å². The standard InChI is InChI=1S/C20H21N3O2/c1-13-15-11-14(24-2)6-7-18(15)25-20(13)16(12-19-22-9-10-23-19)17-5-3-4-8-21-17/h3-8,11,16H,9-10,12H2,1-2H3,(H,22,23). The molecule has 0 saturated heterocycles. The summed E-state index contributed by atoms with van der Waals surface area (Å²) in [5.74, 6) is 2.83. The summed E-state index contributed by atoms with van der Waals surface area (Å²) in [6, 6.07) is 11.9. The molecular weight excluding hydrogens is 314 g/mol. The van der Waals surface area contributed by atoms with Crippen LogP contribution < -0.4 is 10.1 Å². The van der Waals surface area contributed by atoms with Gasteiger partial charge in [0.15, 0.2) is 0 Å². The van der Waals surface area contributed by atoms with Crippen molar-refractivity contribution >= 4 is 16.8 Å². The number of aliphatic imine (C=N–C) groups is 1. The summed E-state index contributed by atoms with van der Waals surface area (Å²) in [6.07, 6.45) is 2.59. The van der Waals surface area contributed by atoms with Crippen LogP contribution in [0.2, 0.25) is 0 Å². The van der Waals surface area contributed by atoms with E-state index in [0.717, 1.165) is 59.1 Å². The first-order valence-electron chi connectivity index (χ1n) is 8.51. The minimum absolute atomic E-state index is 0.0314. The lowest BCUT2D eigenvalue weighted by atomic mass is 9.94. The first-order valence-corrected chi connectivity index (χ1v) is 8.51. The lowest BCUT2D eigenvalue weighted by Crippen LogP contribution is -2.21. The Labute approximate surface area is 146 Å². The number of amidine groups is 1. The van der Waals surface area contributed by atoms with Gasteiger partial charge in [0.05, 0.1) is 31.1 Å². The van der Waals surface area contributed by atoms with Crippen molar-refractivity contribution in [3.63, 3.8) is 0 Å². The molecule has 3 heterocycles. The Morgan fingerprint density at radius 3 is 2.92 bits per heavy atom. The number of nitrogens with zero attached hydrogens (tertiary/aromatic N) is 2. The average molecular weight is 335 g/mol. The highest BCUT2D eigenvalue weighted by Crippen LogP contribution is 2.37. The van der Waals surface area contributed by atoms with Crippen LogP contribution in [-0.2, 0) is 0 Å². The van der Waals surface area contributed by atoms with Crippen molar-refractivity contribution in [1.82, 2.24) is 10.3 Å². The molecule has 0 amide bonds. The number of nitrogens with one attached hydrogen (secondary N) is 1. The number of ether oxygens (including phenoxy) is 1. The predicted octanol–water partition coefficient (Wildman–Crippen LogP) is 3.67. The molecule has 25 heavy (non-hydrogen) atoms. The second-order valence-corrected chi connectivity index (χ2v) is 6.22. The third-order valence-electron chi connectivity index (χ3n) is 4.68. The second kappa shape index (κ2) is 6.59. The number of pyridine rings is 1. The quantitative estimate of drug-likeness (QED) is 0.773. The molecule has 0 aliphatic carbocycles. The van der Waals surface area contributed by atoms with Crippen molar-refractivity contribution in [2.45, 2.75) is 19.3 Å². The van der Waals surface area contributed by atoms with Gasteiger partial charge in [-0.15, -0.1) is 0 Å². The summed E-state index contributed by atoms with van der Waals surface area (Å²) >= 11 is 0. The number of hydrogen-bond donors (Lipinski definition) is 1. The fourth-order valence-electron chi connectivity index (χ4n) is 3.37. The topological polar surface area (TPSA) is 59.7 Å². The Morgan fingerprint density at radius 2 is 2.20 bits per heavy atom. The average Bonchev–Trinajstić information content (AvgIpc) is 3.28. The van der Waals surface area contributed by atoms with Crippen LogP contribution in [0.15, 0.2) is 52.0 Å². The highest BCUT2D eigenvalue weighted by Gasteiger charge is 2.26. The van der Waals surface area contributed by atoms with Gasteiger partial charge in [-0.05, 0) is 42.8 Å². The van der Waals surface area contributed by atoms with Gasteiger partial charge in [0, 0.05) is 24.5 Å². The number of benzene rings is 1. The van der Waals surface area contributed by atoms with Crippen LogP contribution >= 0.6 is 0 Å². The summed E-state index contributed by atoms with van der Waals surface area (Å²) in [4.78, 5) is 9.13. The summed E-state index contributed by atoms with van der Waals surface area (Å²) in [5, 5.41) is 4.44. The van der Waals surface area contributed by atoms with E-state index in [4.69, 9.17) is 9.15 Å². The van der Waals surface area contributed by atoms with E-state index in [1.807, 2.05) is 42.6 Å². The summed E-state index contributed by atoms with van der Waals surface area (Å²) in [7, 11) is 1.68. The first-order chi connectivity index (χ1) is 12.3. The van der Waals surface area contributed by atoms with Crippen LogP contribution in [0.25, 0.3) is 11.0 Å². The van der Waals surface area contributed by atoms with Crippen molar-refractivity contribution in [3.05, 3.63) is 59.6 Å². The molecule has 1 unspecified atom stereocenters. The van der Waals surface area contributed by atoms with E-state index in [9.17, 15) is 0 Å². The van der Waals surface area contributed by atoms with Crippen LogP contribution in [0.3, 0.4) is 0 Å². The van der Waals surface area contributed by atoms with E-state index in [0.29, 0.717) is 0 Å². The highest BCUT2D eigenvalue weighted by molar-refractivity contribution is 5.86. The minimum atomic E-state index is 0.0314. The van der Waals surface area contributed by atoms with Gasteiger partial charge in [0.1, 0.15) is 17.1 Å². The first kappa shape index (κ1) is 15.7. The summed E-state index contributed by atoms with van der Waals surface area (Å²) in [6.45, 7) is 3.83. The molecule has 2 aromatic heterocycles. The Bertz CT molecular complexity index is 915. The van der Waals surface area contributed by atoms with Gasteiger partial charge in [0.2, 0.25) is 0 Å². The van der Waals surface area contributed by atoms with Gasteiger partial charge in [0.25, 0.3) is 0 Å². The molecule has 0 fully saturated rings. The van der Waals surface area contributed by atoms with E-state index in [1.165, 1.54) is 0 Å². The van der Waals surface area contributed by atoms with Crippen LogP contribution in [-0.4, -0.2) is 31.0 Å². The number of aryl methyl sites for hydroxylation is 1. The molecular formula is C20H21N3O2. The van der Waals surface area contributed by atoms with E-state index in [-0.39, 0.29) is 5.92 Å². The fraction of sp³-hybridized carbons (Fsp3) is 0.300. The van der Waals surface area contributed by atoms with Crippen molar-refractivity contribution in [3.8, 4) is 5.75 Å². The molecule has 0 radical (unpaired) electrons. The lowest BCUT2D eigenvalue weighted by Gasteiger charge is -2.15. The van der Waals surface area contributed by atoms with Crippen LogP contribution in [0.4, 0.5) is 0 Å². The third kappa shape index (κ3) is 2.97. The smallest absolute Gasteiger partial charge is 0.134 e. The molecule has 1 N–H and O–H groups in total. The number of fused-ring (bicyclic) bond motifs is 1. The zero-order chi connectivity index (χ0) is 17.2. The molecule has 1 atom stereocenters. The maximum Gasteiger partial charge on any atom is 0.134 e. The number of furan rings is 1. The second-order valence-electron chi connectivity index (χ2n) is 6.22. The molecule has 1 aromatic carbocycles. The molecule has 5 heteroatoms. The molecule has 4 rings (SSSR count). The Kier molecular flexibility index (Phi) is 4.14. The van der Waals surface area contributed by atoms with Gasteiger partial charge < -0.3 is 14.5 Å². The zero-order valence-electron chi connectivity index (χ0n) is 14.5. The van der Waals surface area contributed by atoms with Crippen molar-refractivity contribution in [2.75, 3.05) is 20.2 Å². The fourth-order valence-corrected chi connectivity index (χ4v) is 3.37. The maximum absolute atomic E-state index is 6.25. The van der Waals surface area contributed by atoms with Gasteiger partial charge in [-0.25, -0.2) is 0 Å². The van der Waals surface area contributed by atoms with Gasteiger partial charge >= 0.3 is 0 Å². The minimum Gasteiger partial charge on any atom is -0.497 e. The van der Waals surface area contributed by atoms with Gasteiger partial charge in [-0.3, -0.25) is 9.98 Å². The summed E-state index contributed by atoms with van der Waals surface area (Å²) < 4.78 is 11.6. The third-order valence-corrected chi connectivity index (χ3v) is 4.68. The number of methoxy groups -OCH3 is 1. The molecule has 0 bridgehead atoms. The van der Waals surface area contributed by atoms with Gasteiger partial charge in [-0.1, -0.05) is 6.07 Å². The normalized spacial score (nSPS) is 15.0. The molecule has 1 aliphatic rings. The monoisotopic (exact) mass is 335 g/mol. The van der Waals surface area contributed by atoms with Crippen LogP contribution in [0.1, 0.15) is 29.4 Å². The highest BCUT2D eigenvalue weighted by atomic mass is 16.5. The molecule has 1 aliphatic heterocycles. The molecule has 0 saturated carbocycles. The molecule has 5 nitrogen and oxygen atoms in total. The van der Waals surface area contributed by atoms with Crippen LogP contribution in [0.5, 0.6) is 5.75 Å². The van der Waals surface area contributed by atoms with E-state index in [1.54, 1.807) is 7.11 Å². The van der Waals surface area contributed by atoms with E-state index < -0.39 is 0 Å². The number of rotatable bonds is 5. The summed E-state index contributed by atoms with van der Waals surface area (Å²) in [5.41, 5.74) is 2.99. The number of hydrogen-bond acceptors (Lipinski definition) is 5. The molecule has 3 aromatic rings. The SMILES string of the molecule is COc1ccc2oc(C(CC3=NCCN3)c3ccccn3)c(C)c2c1. The predicted molar refractivity (Wildman–Crippen MR) is 98.5 cm³/mol. The molecule has 128 valence electrons. The number of aromatic nitrogens is 1. The van der Waals surface area contributed by atoms with E-state index >= 15 is 0 Å².